The molecule has 1 aromatic rings. The number of hydrogen-bond acceptors (Lipinski definition) is 9. The topological polar surface area (TPSA) is 102 Å². The molecule has 4 aliphatic rings. The minimum Gasteiger partial charge on any atom is -0.464 e. The van der Waals surface area contributed by atoms with Gasteiger partial charge < -0.3 is 14.2 Å². The van der Waals surface area contributed by atoms with Crippen LogP contribution in [0.4, 0.5) is 0 Å². The standard InChI is InChI=1S/C21H20N2O7S2/c1-28-21(27)15-13(10-30-14-8-4-5-9-29-14)31-32-20-16(19(26)23(15)20)22-17(24)11-6-2-3-7-12(11)18(22)25/h2-3,6-7,14,16,20H,4-5,8-10H2,1H3/t14?,16-,20-/m1/s1. The van der Waals surface area contributed by atoms with Gasteiger partial charge in [0.15, 0.2) is 12.3 Å². The highest BCUT2D eigenvalue weighted by Crippen LogP contribution is 2.52. The summed E-state index contributed by atoms with van der Waals surface area (Å²) in [5.41, 5.74) is 0.653. The molecule has 2 fully saturated rings. The van der Waals surface area contributed by atoms with Gasteiger partial charge in [0.05, 0.1) is 29.7 Å². The number of esters is 1. The summed E-state index contributed by atoms with van der Waals surface area (Å²) in [4.78, 5) is 54.3. The average molecular weight is 477 g/mol. The van der Waals surface area contributed by atoms with E-state index in [0.717, 1.165) is 24.2 Å². The van der Waals surface area contributed by atoms with E-state index in [1.54, 1.807) is 24.3 Å². The first-order chi connectivity index (χ1) is 15.5. The first kappa shape index (κ1) is 21.5. The molecule has 4 heterocycles. The second-order valence-corrected chi connectivity index (χ2v) is 10.0. The van der Waals surface area contributed by atoms with Crippen LogP contribution in [0.1, 0.15) is 40.0 Å². The SMILES string of the molecule is COC(=O)C1=C(COC2CCCCO2)SS[C@@H]2[C@H](N3C(=O)c4ccccc4C3=O)C(=O)N12. The van der Waals surface area contributed by atoms with Crippen molar-refractivity contribution in [3.63, 3.8) is 0 Å². The molecule has 168 valence electrons. The van der Waals surface area contributed by atoms with E-state index in [9.17, 15) is 19.2 Å². The maximum atomic E-state index is 13.2. The van der Waals surface area contributed by atoms with Crippen LogP contribution in [0, 0.1) is 0 Å². The normalized spacial score (nSPS) is 27.3. The molecule has 0 radical (unpaired) electrons. The zero-order chi connectivity index (χ0) is 22.4. The molecule has 3 amide bonds. The van der Waals surface area contributed by atoms with Gasteiger partial charge in [-0.05, 0) is 31.4 Å². The van der Waals surface area contributed by atoms with Crippen molar-refractivity contribution >= 4 is 45.3 Å². The molecule has 32 heavy (non-hydrogen) atoms. The van der Waals surface area contributed by atoms with Crippen LogP contribution >= 0.6 is 21.6 Å². The number of amides is 3. The number of carbonyl (C=O) groups excluding carboxylic acids is 4. The van der Waals surface area contributed by atoms with Crippen molar-refractivity contribution in [1.82, 2.24) is 9.80 Å². The number of carbonyl (C=O) groups is 4. The van der Waals surface area contributed by atoms with E-state index in [-0.39, 0.29) is 29.7 Å². The van der Waals surface area contributed by atoms with Crippen LogP contribution in [0.25, 0.3) is 0 Å². The largest absolute Gasteiger partial charge is 0.464 e. The Labute approximate surface area is 191 Å². The van der Waals surface area contributed by atoms with Crippen LogP contribution in [0.3, 0.4) is 0 Å². The molecule has 0 spiro atoms. The van der Waals surface area contributed by atoms with Crippen LogP contribution in [-0.2, 0) is 23.8 Å². The molecule has 5 rings (SSSR count). The van der Waals surface area contributed by atoms with E-state index in [2.05, 4.69) is 0 Å². The Morgan fingerprint density at radius 1 is 1.12 bits per heavy atom. The lowest BCUT2D eigenvalue weighted by atomic mass is 10.0. The third-order valence-electron chi connectivity index (χ3n) is 5.79. The van der Waals surface area contributed by atoms with Crippen LogP contribution in [0.15, 0.2) is 34.9 Å². The summed E-state index contributed by atoms with van der Waals surface area (Å²) in [7, 11) is 3.84. The fourth-order valence-electron chi connectivity index (χ4n) is 4.17. The zero-order valence-corrected chi connectivity index (χ0v) is 18.8. The predicted molar refractivity (Wildman–Crippen MR) is 115 cm³/mol. The maximum Gasteiger partial charge on any atom is 0.355 e. The van der Waals surface area contributed by atoms with Crippen molar-refractivity contribution in [2.45, 2.75) is 37.0 Å². The fourth-order valence-corrected chi connectivity index (χ4v) is 7.00. The molecular formula is C21H20N2O7S2. The van der Waals surface area contributed by atoms with Gasteiger partial charge >= 0.3 is 5.97 Å². The number of imide groups is 1. The maximum absolute atomic E-state index is 13.2. The van der Waals surface area contributed by atoms with Gasteiger partial charge in [0.2, 0.25) is 0 Å². The first-order valence-corrected chi connectivity index (χ1v) is 12.4. The van der Waals surface area contributed by atoms with E-state index < -0.39 is 35.1 Å². The fraction of sp³-hybridized carbons (Fsp3) is 0.429. The number of ether oxygens (including phenoxy) is 3. The summed E-state index contributed by atoms with van der Waals surface area (Å²) in [6, 6.07) is 5.51. The molecule has 11 heteroatoms. The smallest absolute Gasteiger partial charge is 0.355 e. The Morgan fingerprint density at radius 2 is 1.84 bits per heavy atom. The van der Waals surface area contributed by atoms with Gasteiger partial charge in [-0.15, -0.1) is 0 Å². The van der Waals surface area contributed by atoms with E-state index in [1.807, 2.05) is 0 Å². The zero-order valence-electron chi connectivity index (χ0n) is 17.1. The van der Waals surface area contributed by atoms with Gasteiger partial charge in [0.1, 0.15) is 11.1 Å². The number of methoxy groups -OCH3 is 1. The van der Waals surface area contributed by atoms with Crippen molar-refractivity contribution in [2.24, 2.45) is 0 Å². The predicted octanol–water partition coefficient (Wildman–Crippen LogP) is 2.14. The Kier molecular flexibility index (Phi) is 5.74. The summed E-state index contributed by atoms with van der Waals surface area (Å²) < 4.78 is 16.3. The number of rotatable bonds is 5. The third-order valence-corrected chi connectivity index (χ3v) is 8.55. The quantitative estimate of drug-likeness (QED) is 0.274. The molecule has 0 aliphatic carbocycles. The minimum absolute atomic E-state index is 0.0925. The van der Waals surface area contributed by atoms with Gasteiger partial charge in [-0.3, -0.25) is 24.2 Å². The van der Waals surface area contributed by atoms with E-state index in [1.165, 1.54) is 33.6 Å². The van der Waals surface area contributed by atoms with Crippen molar-refractivity contribution in [3.05, 3.63) is 46.0 Å². The van der Waals surface area contributed by atoms with Crippen molar-refractivity contribution in [2.75, 3.05) is 20.3 Å². The number of hydrogen-bond donors (Lipinski definition) is 0. The van der Waals surface area contributed by atoms with Gasteiger partial charge in [-0.25, -0.2) is 4.79 Å². The highest BCUT2D eigenvalue weighted by Gasteiger charge is 2.60. The molecule has 9 nitrogen and oxygen atoms in total. The van der Waals surface area contributed by atoms with Gasteiger partial charge in [0, 0.05) is 6.61 Å². The average Bonchev–Trinajstić information content (AvgIpc) is 3.07. The number of fused-ring (bicyclic) bond motifs is 2. The second kappa shape index (κ2) is 8.54. The molecule has 3 atom stereocenters. The monoisotopic (exact) mass is 476 g/mol. The summed E-state index contributed by atoms with van der Waals surface area (Å²) in [6.07, 6.45) is 2.41. The van der Waals surface area contributed by atoms with Crippen LogP contribution in [0.5, 0.6) is 0 Å². The van der Waals surface area contributed by atoms with E-state index in [0.29, 0.717) is 11.5 Å². The molecule has 4 aliphatic heterocycles. The summed E-state index contributed by atoms with van der Waals surface area (Å²) in [5, 5.41) is -0.585. The molecule has 0 aromatic heterocycles. The Morgan fingerprint density at radius 3 is 2.47 bits per heavy atom. The molecule has 0 bridgehead atoms. The number of β-lactam (4-membered cyclic amide) rings is 1. The summed E-state index contributed by atoms with van der Waals surface area (Å²) in [5.74, 6) is -2.16. The van der Waals surface area contributed by atoms with Crippen LogP contribution in [-0.4, -0.2) is 71.5 Å². The van der Waals surface area contributed by atoms with Gasteiger partial charge in [0.25, 0.3) is 17.7 Å². The van der Waals surface area contributed by atoms with Crippen LogP contribution in [0.2, 0.25) is 0 Å². The van der Waals surface area contributed by atoms with E-state index >= 15 is 0 Å². The molecule has 1 aromatic carbocycles. The number of benzene rings is 1. The molecule has 0 N–H and O–H groups in total. The molecular weight excluding hydrogens is 456 g/mol. The Hall–Kier alpha value is -2.34. The van der Waals surface area contributed by atoms with E-state index in [4.69, 9.17) is 14.2 Å². The van der Waals surface area contributed by atoms with Crippen molar-refractivity contribution in [3.8, 4) is 0 Å². The first-order valence-electron chi connectivity index (χ1n) is 10.2. The van der Waals surface area contributed by atoms with Crippen molar-refractivity contribution in [1.29, 1.82) is 0 Å². The lowest BCUT2D eigenvalue weighted by Crippen LogP contribution is -2.70. The van der Waals surface area contributed by atoms with Gasteiger partial charge in [-0.1, -0.05) is 33.7 Å². The highest BCUT2D eigenvalue weighted by atomic mass is 33.1. The van der Waals surface area contributed by atoms with Crippen molar-refractivity contribution < 1.29 is 33.4 Å². The van der Waals surface area contributed by atoms with Gasteiger partial charge in [-0.2, -0.15) is 0 Å². The Balaban J connectivity index is 1.38. The number of nitrogens with zero attached hydrogens (tertiary/aromatic N) is 2. The summed E-state index contributed by atoms with van der Waals surface area (Å²) >= 11 is 0. The molecule has 1 unspecified atom stereocenters. The second-order valence-electron chi connectivity index (χ2n) is 7.62. The molecule has 2 saturated heterocycles. The summed E-state index contributed by atoms with van der Waals surface area (Å²) in [6.45, 7) is 0.727. The van der Waals surface area contributed by atoms with Crippen LogP contribution < -0.4 is 0 Å². The minimum atomic E-state index is -0.983. The highest BCUT2D eigenvalue weighted by molar-refractivity contribution is 8.78. The lowest BCUT2D eigenvalue weighted by molar-refractivity contribution is -0.158. The molecule has 0 saturated carbocycles. The lowest BCUT2D eigenvalue weighted by Gasteiger charge is -2.51. The Bertz CT molecular complexity index is 1000. The third kappa shape index (κ3) is 3.35.